The third kappa shape index (κ3) is 3.78. The molecule has 0 unspecified atom stereocenters. The maximum Gasteiger partial charge on any atom is 0.255 e. The quantitative estimate of drug-likeness (QED) is 0.881. The van der Waals surface area contributed by atoms with E-state index in [1.54, 1.807) is 24.3 Å². The van der Waals surface area contributed by atoms with Gasteiger partial charge in [-0.2, -0.15) is 0 Å². The Morgan fingerprint density at radius 3 is 2.27 bits per heavy atom. The van der Waals surface area contributed by atoms with Crippen LogP contribution in [0.25, 0.3) is 0 Å². The van der Waals surface area contributed by atoms with E-state index in [1.165, 1.54) is 25.2 Å². The molecule has 0 aromatic heterocycles. The van der Waals surface area contributed by atoms with Gasteiger partial charge in [-0.1, -0.05) is 23.2 Å². The highest BCUT2D eigenvalue weighted by molar-refractivity contribution is 7.89. The monoisotopic (exact) mass is 358 g/mol. The molecule has 0 saturated heterocycles. The molecule has 5 nitrogen and oxygen atoms in total. The highest BCUT2D eigenvalue weighted by Gasteiger charge is 2.18. The molecule has 0 atom stereocenters. The fraction of sp³-hybridized carbons (Fsp3) is 0.0714. The molecule has 0 bridgehead atoms. The Morgan fingerprint density at radius 1 is 1.05 bits per heavy atom. The first-order valence-electron chi connectivity index (χ1n) is 6.13. The SMILES string of the molecule is CNS(=O)(=O)c1cc(C(=O)Nc2ccc(Cl)cc2)ccc1Cl. The van der Waals surface area contributed by atoms with E-state index in [2.05, 4.69) is 10.0 Å². The fourth-order valence-electron chi connectivity index (χ4n) is 1.70. The second-order valence-corrected chi connectivity index (χ2v) is 7.01. The topological polar surface area (TPSA) is 75.3 Å². The van der Waals surface area contributed by atoms with Crippen LogP contribution >= 0.6 is 23.2 Å². The van der Waals surface area contributed by atoms with Crippen molar-refractivity contribution in [3.05, 3.63) is 58.1 Å². The van der Waals surface area contributed by atoms with Crippen LogP contribution in [0.1, 0.15) is 10.4 Å². The number of carbonyl (C=O) groups is 1. The van der Waals surface area contributed by atoms with E-state index in [1.807, 2.05) is 0 Å². The molecule has 0 radical (unpaired) electrons. The molecule has 0 saturated carbocycles. The van der Waals surface area contributed by atoms with Crippen LogP contribution in [0.2, 0.25) is 10.0 Å². The Morgan fingerprint density at radius 2 is 1.68 bits per heavy atom. The molecule has 0 aliphatic rings. The van der Waals surface area contributed by atoms with Crippen LogP contribution in [0, 0.1) is 0 Å². The lowest BCUT2D eigenvalue weighted by Gasteiger charge is -2.09. The fourth-order valence-corrected chi connectivity index (χ4v) is 3.07. The van der Waals surface area contributed by atoms with Crippen LogP contribution in [-0.4, -0.2) is 21.4 Å². The Hall–Kier alpha value is -1.60. The predicted octanol–water partition coefficient (Wildman–Crippen LogP) is 3.15. The first-order valence-corrected chi connectivity index (χ1v) is 8.37. The van der Waals surface area contributed by atoms with Crippen molar-refractivity contribution in [1.29, 1.82) is 0 Å². The molecule has 0 aliphatic heterocycles. The summed E-state index contributed by atoms with van der Waals surface area (Å²) in [5.74, 6) is -0.452. The Balaban J connectivity index is 2.31. The van der Waals surface area contributed by atoms with Crippen molar-refractivity contribution >= 4 is 44.8 Å². The van der Waals surface area contributed by atoms with E-state index < -0.39 is 15.9 Å². The maximum atomic E-state index is 12.2. The highest BCUT2D eigenvalue weighted by atomic mass is 35.5. The molecular weight excluding hydrogens is 347 g/mol. The molecule has 0 fully saturated rings. The molecule has 2 N–H and O–H groups in total. The minimum absolute atomic E-state index is 0.0393. The largest absolute Gasteiger partial charge is 0.322 e. The minimum Gasteiger partial charge on any atom is -0.322 e. The van der Waals surface area contributed by atoms with Crippen LogP contribution in [-0.2, 0) is 10.0 Å². The summed E-state index contributed by atoms with van der Waals surface area (Å²) in [6.07, 6.45) is 0. The van der Waals surface area contributed by atoms with Crippen molar-refractivity contribution in [3.63, 3.8) is 0 Å². The Labute approximate surface area is 138 Å². The van der Waals surface area contributed by atoms with Gasteiger partial charge in [0, 0.05) is 16.3 Å². The van der Waals surface area contributed by atoms with Gasteiger partial charge in [-0.25, -0.2) is 13.1 Å². The van der Waals surface area contributed by atoms with E-state index in [0.29, 0.717) is 10.7 Å². The maximum absolute atomic E-state index is 12.2. The van der Waals surface area contributed by atoms with E-state index in [0.717, 1.165) is 0 Å². The average molecular weight is 359 g/mol. The van der Waals surface area contributed by atoms with Crippen molar-refractivity contribution < 1.29 is 13.2 Å². The lowest BCUT2D eigenvalue weighted by atomic mass is 10.2. The molecule has 116 valence electrons. The second-order valence-electron chi connectivity index (χ2n) is 4.31. The van der Waals surface area contributed by atoms with E-state index in [-0.39, 0.29) is 15.5 Å². The summed E-state index contributed by atoms with van der Waals surface area (Å²) in [5.41, 5.74) is 0.718. The summed E-state index contributed by atoms with van der Waals surface area (Å²) in [5, 5.41) is 3.23. The molecule has 2 rings (SSSR count). The molecule has 0 aliphatic carbocycles. The summed E-state index contributed by atoms with van der Waals surface area (Å²) in [7, 11) is -2.47. The second kappa shape index (κ2) is 6.66. The normalized spacial score (nSPS) is 11.2. The lowest BCUT2D eigenvalue weighted by molar-refractivity contribution is 0.102. The van der Waals surface area contributed by atoms with Crippen molar-refractivity contribution in [2.75, 3.05) is 12.4 Å². The standard InChI is InChI=1S/C14H12Cl2N2O3S/c1-17-22(20,21)13-8-9(2-7-12(13)16)14(19)18-11-5-3-10(15)4-6-11/h2-8,17H,1H3,(H,18,19). The molecule has 2 aromatic rings. The van der Waals surface area contributed by atoms with Gasteiger partial charge >= 0.3 is 0 Å². The number of hydrogen-bond acceptors (Lipinski definition) is 3. The third-order valence-corrected chi connectivity index (χ3v) is 5.00. The third-order valence-electron chi connectivity index (χ3n) is 2.85. The van der Waals surface area contributed by atoms with Crippen LogP contribution < -0.4 is 10.0 Å². The summed E-state index contributed by atoms with van der Waals surface area (Å²) < 4.78 is 25.9. The van der Waals surface area contributed by atoms with E-state index >= 15 is 0 Å². The highest BCUT2D eigenvalue weighted by Crippen LogP contribution is 2.23. The van der Waals surface area contributed by atoms with Gasteiger partial charge in [0.1, 0.15) is 4.90 Å². The van der Waals surface area contributed by atoms with Crippen LogP contribution in [0.3, 0.4) is 0 Å². The zero-order chi connectivity index (χ0) is 16.3. The number of benzene rings is 2. The van der Waals surface area contributed by atoms with Crippen molar-refractivity contribution in [1.82, 2.24) is 4.72 Å². The van der Waals surface area contributed by atoms with Gasteiger partial charge in [0.05, 0.1) is 5.02 Å². The number of rotatable bonds is 4. The molecule has 1 amide bonds. The van der Waals surface area contributed by atoms with Gasteiger partial charge < -0.3 is 5.32 Å². The number of sulfonamides is 1. The molecule has 0 spiro atoms. The Kier molecular flexibility index (Phi) is 5.08. The number of carbonyl (C=O) groups excluding carboxylic acids is 1. The zero-order valence-corrected chi connectivity index (χ0v) is 13.8. The van der Waals surface area contributed by atoms with Gasteiger partial charge in [-0.3, -0.25) is 4.79 Å². The summed E-state index contributed by atoms with van der Waals surface area (Å²) in [4.78, 5) is 12.0. The van der Waals surface area contributed by atoms with Gasteiger partial charge in [0.15, 0.2) is 0 Å². The predicted molar refractivity (Wildman–Crippen MR) is 87.1 cm³/mol. The average Bonchev–Trinajstić information content (AvgIpc) is 2.49. The number of anilines is 1. The summed E-state index contributed by atoms with van der Waals surface area (Å²) >= 11 is 11.6. The number of halogens is 2. The molecular formula is C14H12Cl2N2O3S. The smallest absolute Gasteiger partial charge is 0.255 e. The van der Waals surface area contributed by atoms with E-state index in [4.69, 9.17) is 23.2 Å². The molecule has 8 heteroatoms. The van der Waals surface area contributed by atoms with Gasteiger partial charge in [0.25, 0.3) is 5.91 Å². The molecule has 22 heavy (non-hydrogen) atoms. The van der Waals surface area contributed by atoms with Gasteiger partial charge in [0.2, 0.25) is 10.0 Å². The summed E-state index contributed by atoms with van der Waals surface area (Å²) in [6.45, 7) is 0. The van der Waals surface area contributed by atoms with Crippen molar-refractivity contribution in [2.24, 2.45) is 0 Å². The zero-order valence-electron chi connectivity index (χ0n) is 11.4. The van der Waals surface area contributed by atoms with Crippen LogP contribution in [0.15, 0.2) is 47.4 Å². The van der Waals surface area contributed by atoms with Crippen LogP contribution in [0.4, 0.5) is 5.69 Å². The number of nitrogens with one attached hydrogen (secondary N) is 2. The van der Waals surface area contributed by atoms with Gasteiger partial charge in [-0.15, -0.1) is 0 Å². The first-order chi connectivity index (χ1) is 10.3. The van der Waals surface area contributed by atoms with Crippen LogP contribution in [0.5, 0.6) is 0 Å². The first kappa shape index (κ1) is 16.8. The minimum atomic E-state index is -3.74. The van der Waals surface area contributed by atoms with Gasteiger partial charge in [-0.05, 0) is 49.5 Å². The Bertz CT molecular complexity index is 805. The van der Waals surface area contributed by atoms with Crippen molar-refractivity contribution in [2.45, 2.75) is 4.90 Å². The van der Waals surface area contributed by atoms with E-state index in [9.17, 15) is 13.2 Å². The number of amides is 1. The molecule has 0 heterocycles. The molecule has 2 aromatic carbocycles. The van der Waals surface area contributed by atoms with Crippen molar-refractivity contribution in [3.8, 4) is 0 Å². The summed E-state index contributed by atoms with van der Waals surface area (Å²) in [6, 6.07) is 10.6. The lowest BCUT2D eigenvalue weighted by Crippen LogP contribution is -2.20. The number of hydrogen-bond donors (Lipinski definition) is 2.